The fourth-order valence-electron chi connectivity index (χ4n) is 3.36. The van der Waals surface area contributed by atoms with Crippen LogP contribution in [0.3, 0.4) is 0 Å². The van der Waals surface area contributed by atoms with E-state index in [-0.39, 0.29) is 16.8 Å². The number of carbonyl (C=O) groups is 1. The number of rotatable bonds is 6. The molecule has 0 atom stereocenters. The highest BCUT2D eigenvalue weighted by Crippen LogP contribution is 2.31. The van der Waals surface area contributed by atoms with Crippen LogP contribution in [0, 0.1) is 0 Å². The zero-order chi connectivity index (χ0) is 18.1. The van der Waals surface area contributed by atoms with Crippen LogP contribution in [0.4, 0.5) is 0 Å². The minimum absolute atomic E-state index is 0.0839. The van der Waals surface area contributed by atoms with Crippen LogP contribution in [0.15, 0.2) is 46.7 Å². The van der Waals surface area contributed by atoms with E-state index in [2.05, 4.69) is 0 Å². The number of carbonyl (C=O) groups excluding carboxylic acids is 1. The van der Waals surface area contributed by atoms with Crippen molar-refractivity contribution in [2.24, 2.45) is 0 Å². The summed E-state index contributed by atoms with van der Waals surface area (Å²) in [5.41, 5.74) is 0.453. The van der Waals surface area contributed by atoms with Gasteiger partial charge in [-0.05, 0) is 55.3 Å². The molecule has 26 heavy (non-hydrogen) atoms. The van der Waals surface area contributed by atoms with E-state index in [1.54, 1.807) is 35.6 Å². The van der Waals surface area contributed by atoms with Crippen molar-refractivity contribution in [3.8, 4) is 0 Å². The first-order chi connectivity index (χ1) is 12.6. The molecule has 0 bridgehead atoms. The molecule has 0 N–H and O–H groups in total. The van der Waals surface area contributed by atoms with Crippen molar-refractivity contribution in [3.63, 3.8) is 0 Å². The molecule has 7 heteroatoms. The van der Waals surface area contributed by atoms with Crippen LogP contribution in [-0.4, -0.2) is 42.7 Å². The maximum atomic E-state index is 13.1. The molecule has 0 radical (unpaired) electrons. The van der Waals surface area contributed by atoms with Crippen LogP contribution >= 0.6 is 11.3 Å². The third kappa shape index (κ3) is 3.56. The zero-order valence-electron chi connectivity index (χ0n) is 14.5. The van der Waals surface area contributed by atoms with Gasteiger partial charge in [0.05, 0.1) is 11.4 Å². The lowest BCUT2D eigenvalue weighted by Gasteiger charge is -2.22. The molecular formula is C19H22N2O3S2. The summed E-state index contributed by atoms with van der Waals surface area (Å²) in [7, 11) is -3.51. The lowest BCUT2D eigenvalue weighted by Crippen LogP contribution is -2.33. The van der Waals surface area contributed by atoms with Gasteiger partial charge in [0.1, 0.15) is 0 Å². The SMILES string of the molecule is O=C(c1cccc(S(=O)(=O)N2CCCC2)c1)N(Cc1cccs1)C1CC1. The summed E-state index contributed by atoms with van der Waals surface area (Å²) >= 11 is 1.64. The average molecular weight is 391 g/mol. The Labute approximate surface area is 158 Å². The van der Waals surface area contributed by atoms with E-state index in [0.717, 1.165) is 30.6 Å². The van der Waals surface area contributed by atoms with E-state index in [0.29, 0.717) is 25.2 Å². The molecule has 1 aliphatic carbocycles. The van der Waals surface area contributed by atoms with Gasteiger partial charge >= 0.3 is 0 Å². The quantitative estimate of drug-likeness (QED) is 0.760. The largest absolute Gasteiger partial charge is 0.331 e. The molecule has 2 aromatic rings. The topological polar surface area (TPSA) is 57.7 Å². The number of hydrogen-bond donors (Lipinski definition) is 0. The van der Waals surface area contributed by atoms with Gasteiger partial charge in [-0.3, -0.25) is 4.79 Å². The van der Waals surface area contributed by atoms with Gasteiger partial charge in [-0.15, -0.1) is 11.3 Å². The van der Waals surface area contributed by atoms with Crippen molar-refractivity contribution in [3.05, 3.63) is 52.2 Å². The maximum absolute atomic E-state index is 13.1. The standard InChI is InChI=1S/C19H22N2O3S2/c22-19(21(16-8-9-16)14-17-6-4-12-25-17)15-5-3-7-18(13-15)26(23,24)20-10-1-2-11-20/h3-7,12-13,16H,1-2,8-11,14H2. The monoisotopic (exact) mass is 390 g/mol. The van der Waals surface area contributed by atoms with Gasteiger partial charge in [0.25, 0.3) is 5.91 Å². The molecule has 138 valence electrons. The molecule has 1 aromatic carbocycles. The first-order valence-electron chi connectivity index (χ1n) is 8.99. The van der Waals surface area contributed by atoms with Crippen LogP contribution in [0.25, 0.3) is 0 Å². The molecule has 5 nitrogen and oxygen atoms in total. The highest BCUT2D eigenvalue weighted by Gasteiger charge is 2.34. The lowest BCUT2D eigenvalue weighted by atomic mass is 10.2. The summed E-state index contributed by atoms with van der Waals surface area (Å²) in [4.78, 5) is 16.3. The van der Waals surface area contributed by atoms with Gasteiger partial charge in [0, 0.05) is 29.6 Å². The molecular weight excluding hydrogens is 368 g/mol. The average Bonchev–Trinajstić information content (AvgIpc) is 3.13. The Morgan fingerprint density at radius 3 is 2.58 bits per heavy atom. The Kier molecular flexibility index (Phi) is 4.86. The van der Waals surface area contributed by atoms with Crippen LogP contribution in [0.1, 0.15) is 40.9 Å². The molecule has 0 unspecified atom stereocenters. The van der Waals surface area contributed by atoms with Gasteiger partial charge in [0.15, 0.2) is 0 Å². The number of amides is 1. The Morgan fingerprint density at radius 1 is 1.15 bits per heavy atom. The smallest absolute Gasteiger partial charge is 0.254 e. The van der Waals surface area contributed by atoms with Crippen molar-refractivity contribution >= 4 is 27.3 Å². The summed E-state index contributed by atoms with van der Waals surface area (Å²) < 4.78 is 27.1. The number of thiophene rings is 1. The highest BCUT2D eigenvalue weighted by molar-refractivity contribution is 7.89. The summed E-state index contributed by atoms with van der Waals surface area (Å²) in [5.74, 6) is -0.0839. The van der Waals surface area contributed by atoms with Crippen LogP contribution in [0.2, 0.25) is 0 Å². The van der Waals surface area contributed by atoms with E-state index in [1.807, 2.05) is 22.4 Å². The van der Waals surface area contributed by atoms with Gasteiger partial charge in [-0.25, -0.2) is 8.42 Å². The third-order valence-electron chi connectivity index (χ3n) is 4.94. The highest BCUT2D eigenvalue weighted by atomic mass is 32.2. The van der Waals surface area contributed by atoms with E-state index in [4.69, 9.17) is 0 Å². The summed E-state index contributed by atoms with van der Waals surface area (Å²) in [6.07, 6.45) is 3.83. The lowest BCUT2D eigenvalue weighted by molar-refractivity contribution is 0.0731. The predicted octanol–water partition coefficient (Wildman–Crippen LogP) is 3.34. The molecule has 0 spiro atoms. The molecule has 2 heterocycles. The van der Waals surface area contributed by atoms with Gasteiger partial charge < -0.3 is 4.90 Å². The van der Waals surface area contributed by atoms with Crippen molar-refractivity contribution in [1.82, 2.24) is 9.21 Å². The van der Waals surface area contributed by atoms with Gasteiger partial charge in [-0.2, -0.15) is 4.31 Å². The molecule has 1 aliphatic heterocycles. The molecule has 4 rings (SSSR count). The Bertz CT molecular complexity index is 883. The zero-order valence-corrected chi connectivity index (χ0v) is 16.1. The van der Waals surface area contributed by atoms with Crippen LogP contribution in [-0.2, 0) is 16.6 Å². The maximum Gasteiger partial charge on any atom is 0.254 e. The molecule has 2 aliphatic rings. The molecule has 1 saturated carbocycles. The Morgan fingerprint density at radius 2 is 1.92 bits per heavy atom. The van der Waals surface area contributed by atoms with E-state index < -0.39 is 10.0 Å². The normalized spacial score (nSPS) is 18.2. The first-order valence-corrected chi connectivity index (χ1v) is 11.3. The van der Waals surface area contributed by atoms with E-state index >= 15 is 0 Å². The van der Waals surface area contributed by atoms with Crippen LogP contribution in [0.5, 0.6) is 0 Å². The summed E-state index contributed by atoms with van der Waals surface area (Å²) in [5, 5.41) is 2.01. The fraction of sp³-hybridized carbons (Fsp3) is 0.421. The number of benzene rings is 1. The summed E-state index contributed by atoms with van der Waals surface area (Å²) in [6, 6.07) is 10.8. The molecule has 1 amide bonds. The number of nitrogens with zero attached hydrogens (tertiary/aromatic N) is 2. The third-order valence-corrected chi connectivity index (χ3v) is 7.69. The second-order valence-electron chi connectivity index (χ2n) is 6.88. The second-order valence-corrected chi connectivity index (χ2v) is 9.85. The second kappa shape index (κ2) is 7.13. The van der Waals surface area contributed by atoms with E-state index in [1.165, 1.54) is 4.31 Å². The van der Waals surface area contributed by atoms with Crippen molar-refractivity contribution in [1.29, 1.82) is 0 Å². The van der Waals surface area contributed by atoms with Crippen LogP contribution < -0.4 is 0 Å². The molecule has 2 fully saturated rings. The predicted molar refractivity (Wildman–Crippen MR) is 102 cm³/mol. The van der Waals surface area contributed by atoms with Gasteiger partial charge in [0.2, 0.25) is 10.0 Å². The summed E-state index contributed by atoms with van der Waals surface area (Å²) in [6.45, 7) is 1.71. The Hall–Kier alpha value is -1.70. The molecule has 1 saturated heterocycles. The fourth-order valence-corrected chi connectivity index (χ4v) is 5.62. The van der Waals surface area contributed by atoms with Gasteiger partial charge in [-0.1, -0.05) is 12.1 Å². The minimum Gasteiger partial charge on any atom is -0.331 e. The number of sulfonamides is 1. The Balaban J connectivity index is 1.59. The first kappa shape index (κ1) is 17.7. The van der Waals surface area contributed by atoms with Crippen molar-refractivity contribution in [2.75, 3.05) is 13.1 Å². The van der Waals surface area contributed by atoms with Crippen molar-refractivity contribution < 1.29 is 13.2 Å². The van der Waals surface area contributed by atoms with E-state index in [9.17, 15) is 13.2 Å². The number of hydrogen-bond acceptors (Lipinski definition) is 4. The molecule has 1 aromatic heterocycles. The minimum atomic E-state index is -3.51. The van der Waals surface area contributed by atoms with Crippen molar-refractivity contribution in [2.45, 2.75) is 43.2 Å².